The summed E-state index contributed by atoms with van der Waals surface area (Å²) in [6.45, 7) is 3.81. The van der Waals surface area contributed by atoms with Crippen molar-refractivity contribution in [1.82, 2.24) is 0 Å². The van der Waals surface area contributed by atoms with Gasteiger partial charge in [0.25, 0.3) is 0 Å². The molecule has 1 atom stereocenters. The van der Waals surface area contributed by atoms with E-state index in [-0.39, 0.29) is 0 Å². The highest BCUT2D eigenvalue weighted by Crippen LogP contribution is 2.22. The van der Waals surface area contributed by atoms with Crippen LogP contribution in [0.1, 0.15) is 26.7 Å². The lowest BCUT2D eigenvalue weighted by molar-refractivity contribution is -0.120. The number of benzene rings is 1. The van der Waals surface area contributed by atoms with Gasteiger partial charge >= 0.3 is 0 Å². The van der Waals surface area contributed by atoms with Crippen LogP contribution in [0.2, 0.25) is 5.02 Å². The van der Waals surface area contributed by atoms with Crippen molar-refractivity contribution in [3.8, 4) is 5.75 Å². The molecule has 0 bridgehead atoms. The van der Waals surface area contributed by atoms with Gasteiger partial charge in [-0.15, -0.1) is 0 Å². The fraction of sp³-hybridized carbons (Fsp3) is 0.417. The fourth-order valence-electron chi connectivity index (χ4n) is 1.40. The van der Waals surface area contributed by atoms with Gasteiger partial charge < -0.3 is 4.74 Å². The minimum Gasteiger partial charge on any atom is -0.480 e. The average Bonchev–Trinajstić information content (AvgIpc) is 2.22. The number of aldehydes is 1. The second-order valence-electron chi connectivity index (χ2n) is 3.74. The minimum atomic E-state index is -0.734. The molecule has 1 aromatic carbocycles. The van der Waals surface area contributed by atoms with Crippen LogP contribution >= 0.6 is 11.6 Å². The van der Waals surface area contributed by atoms with Crippen LogP contribution < -0.4 is 4.74 Å². The van der Waals surface area contributed by atoms with Crippen LogP contribution in [-0.2, 0) is 4.79 Å². The summed E-state index contributed by atoms with van der Waals surface area (Å²) in [7, 11) is 0. The van der Waals surface area contributed by atoms with E-state index in [2.05, 4.69) is 0 Å². The van der Waals surface area contributed by atoms with Gasteiger partial charge in [0.15, 0.2) is 11.9 Å². The van der Waals surface area contributed by atoms with E-state index in [1.165, 1.54) is 0 Å². The van der Waals surface area contributed by atoms with Crippen LogP contribution in [0.5, 0.6) is 5.75 Å². The molecule has 1 unspecified atom stereocenters. The number of ether oxygens (including phenoxy) is 1. The monoisotopic (exact) mass is 226 g/mol. The molecule has 1 rings (SSSR count). The zero-order valence-corrected chi connectivity index (χ0v) is 9.75. The van der Waals surface area contributed by atoms with E-state index in [4.69, 9.17) is 16.3 Å². The molecule has 0 saturated heterocycles. The Morgan fingerprint density at radius 1 is 1.40 bits per heavy atom. The third kappa shape index (κ3) is 3.56. The summed E-state index contributed by atoms with van der Waals surface area (Å²) in [5, 5.41) is 0.658. The molecule has 0 amide bonds. The van der Waals surface area contributed by atoms with Crippen molar-refractivity contribution in [2.45, 2.75) is 32.3 Å². The number of carbonyl (C=O) groups is 1. The third-order valence-electron chi connectivity index (χ3n) is 2.16. The van der Waals surface area contributed by atoms with E-state index in [1.807, 2.05) is 6.92 Å². The highest BCUT2D eigenvalue weighted by atomic mass is 35.5. The standard InChI is InChI=1S/C12H15ClO2/c1-3-8-12(2,9-14)15-11-6-4-10(13)5-7-11/h4-7,9H,3,8H2,1-2H3. The lowest BCUT2D eigenvalue weighted by Gasteiger charge is -2.24. The first-order valence-corrected chi connectivity index (χ1v) is 5.38. The van der Waals surface area contributed by atoms with Crippen LogP contribution in [0.15, 0.2) is 24.3 Å². The van der Waals surface area contributed by atoms with E-state index >= 15 is 0 Å². The van der Waals surface area contributed by atoms with E-state index < -0.39 is 5.60 Å². The second kappa shape index (κ2) is 5.17. The van der Waals surface area contributed by atoms with E-state index in [9.17, 15) is 4.79 Å². The van der Waals surface area contributed by atoms with Gasteiger partial charge in [-0.1, -0.05) is 24.9 Å². The summed E-state index contributed by atoms with van der Waals surface area (Å²) >= 11 is 5.75. The Labute approximate surface area is 95.2 Å². The zero-order valence-electron chi connectivity index (χ0n) is 9.00. The number of hydrogen-bond acceptors (Lipinski definition) is 2. The summed E-state index contributed by atoms with van der Waals surface area (Å²) in [5.41, 5.74) is -0.734. The predicted octanol–water partition coefficient (Wildman–Crippen LogP) is 3.48. The maximum Gasteiger partial charge on any atom is 0.163 e. The Bertz CT molecular complexity index is 321. The van der Waals surface area contributed by atoms with Gasteiger partial charge in [-0.2, -0.15) is 0 Å². The summed E-state index contributed by atoms with van der Waals surface area (Å²) in [6, 6.07) is 7.02. The zero-order chi connectivity index (χ0) is 11.3. The highest BCUT2D eigenvalue weighted by Gasteiger charge is 2.24. The molecule has 0 radical (unpaired) electrons. The molecule has 0 spiro atoms. The van der Waals surface area contributed by atoms with Crippen molar-refractivity contribution in [1.29, 1.82) is 0 Å². The molecule has 3 heteroatoms. The molecule has 0 aliphatic rings. The normalized spacial score (nSPS) is 14.3. The first-order chi connectivity index (χ1) is 7.09. The average molecular weight is 227 g/mol. The predicted molar refractivity (Wildman–Crippen MR) is 61.5 cm³/mol. The molecule has 0 aliphatic carbocycles. The van der Waals surface area contributed by atoms with Crippen LogP contribution in [0.4, 0.5) is 0 Å². The van der Waals surface area contributed by atoms with E-state index in [0.717, 1.165) is 12.7 Å². The molecule has 15 heavy (non-hydrogen) atoms. The molecule has 1 aromatic rings. The molecule has 0 aliphatic heterocycles. The molecule has 0 saturated carbocycles. The van der Waals surface area contributed by atoms with Crippen molar-refractivity contribution in [3.63, 3.8) is 0 Å². The Morgan fingerprint density at radius 3 is 2.47 bits per heavy atom. The largest absolute Gasteiger partial charge is 0.480 e. The topological polar surface area (TPSA) is 26.3 Å². The lowest BCUT2D eigenvalue weighted by atomic mass is 10.0. The van der Waals surface area contributed by atoms with Crippen molar-refractivity contribution in [2.75, 3.05) is 0 Å². The molecule has 0 fully saturated rings. The SMILES string of the molecule is CCCC(C)(C=O)Oc1ccc(Cl)cc1. The number of carbonyl (C=O) groups excluding carboxylic acids is 1. The lowest BCUT2D eigenvalue weighted by Crippen LogP contribution is -2.33. The van der Waals surface area contributed by atoms with Gasteiger partial charge in [-0.05, 0) is 37.6 Å². The van der Waals surface area contributed by atoms with Gasteiger partial charge in [0.1, 0.15) is 5.75 Å². The molecule has 82 valence electrons. The summed E-state index contributed by atoms with van der Waals surface area (Å²) < 4.78 is 5.62. The Kier molecular flexibility index (Phi) is 4.15. The van der Waals surface area contributed by atoms with Crippen molar-refractivity contribution < 1.29 is 9.53 Å². The van der Waals surface area contributed by atoms with Crippen molar-refractivity contribution in [2.24, 2.45) is 0 Å². The van der Waals surface area contributed by atoms with Gasteiger partial charge in [0.05, 0.1) is 0 Å². The maximum atomic E-state index is 10.9. The van der Waals surface area contributed by atoms with Crippen molar-refractivity contribution >= 4 is 17.9 Å². The first-order valence-electron chi connectivity index (χ1n) is 5.00. The Hall–Kier alpha value is -1.02. The molecule has 2 nitrogen and oxygen atoms in total. The molecule has 0 N–H and O–H groups in total. The maximum absolute atomic E-state index is 10.9. The number of rotatable bonds is 5. The second-order valence-corrected chi connectivity index (χ2v) is 4.17. The Morgan fingerprint density at radius 2 is 2.00 bits per heavy atom. The van der Waals surface area contributed by atoms with Gasteiger partial charge in [-0.25, -0.2) is 0 Å². The highest BCUT2D eigenvalue weighted by molar-refractivity contribution is 6.30. The Balaban J connectivity index is 2.74. The van der Waals surface area contributed by atoms with Gasteiger partial charge in [0, 0.05) is 5.02 Å². The summed E-state index contributed by atoms with van der Waals surface area (Å²) in [5.74, 6) is 0.669. The third-order valence-corrected chi connectivity index (χ3v) is 2.41. The summed E-state index contributed by atoms with van der Waals surface area (Å²) in [4.78, 5) is 10.9. The van der Waals surface area contributed by atoms with Gasteiger partial charge in [0.2, 0.25) is 0 Å². The number of halogens is 1. The van der Waals surface area contributed by atoms with E-state index in [0.29, 0.717) is 17.2 Å². The molecule has 0 heterocycles. The van der Waals surface area contributed by atoms with Crippen LogP contribution in [0.3, 0.4) is 0 Å². The minimum absolute atomic E-state index is 0.658. The van der Waals surface area contributed by atoms with E-state index in [1.54, 1.807) is 31.2 Å². The van der Waals surface area contributed by atoms with Gasteiger partial charge in [-0.3, -0.25) is 4.79 Å². The van der Waals surface area contributed by atoms with Crippen LogP contribution in [0.25, 0.3) is 0 Å². The summed E-state index contributed by atoms with van der Waals surface area (Å²) in [6.07, 6.45) is 2.47. The molecular weight excluding hydrogens is 212 g/mol. The van der Waals surface area contributed by atoms with Crippen LogP contribution in [0, 0.1) is 0 Å². The molecule has 0 aromatic heterocycles. The number of hydrogen-bond donors (Lipinski definition) is 0. The first kappa shape index (κ1) is 12.1. The van der Waals surface area contributed by atoms with Crippen LogP contribution in [-0.4, -0.2) is 11.9 Å². The molecular formula is C12H15ClO2. The fourth-order valence-corrected chi connectivity index (χ4v) is 1.53. The smallest absolute Gasteiger partial charge is 0.163 e. The van der Waals surface area contributed by atoms with Crippen molar-refractivity contribution in [3.05, 3.63) is 29.3 Å². The quantitative estimate of drug-likeness (QED) is 0.719.